The standard InChI is InChI=1S/C10H8ClFN2O3/c1-6(11)5-13-10(15)8-4-7(14(16)17)2-3-9(8)12/h2-4H,1,5H2,(H,13,15). The van der Waals surface area contributed by atoms with Gasteiger partial charge >= 0.3 is 0 Å². The molecule has 0 fully saturated rings. The monoisotopic (exact) mass is 258 g/mol. The number of benzene rings is 1. The smallest absolute Gasteiger partial charge is 0.270 e. The lowest BCUT2D eigenvalue weighted by Crippen LogP contribution is -2.25. The third-order valence-electron chi connectivity index (χ3n) is 1.85. The van der Waals surface area contributed by atoms with Crippen molar-refractivity contribution in [2.45, 2.75) is 0 Å². The summed E-state index contributed by atoms with van der Waals surface area (Å²) in [6.07, 6.45) is 0. The van der Waals surface area contributed by atoms with E-state index in [1.807, 2.05) is 0 Å². The molecule has 1 rings (SSSR count). The SMILES string of the molecule is C=C(Cl)CNC(=O)c1cc([N+](=O)[O-])ccc1F. The van der Waals surface area contributed by atoms with Crippen LogP contribution < -0.4 is 5.32 Å². The molecule has 7 heteroatoms. The Bertz CT molecular complexity index is 490. The third-order valence-corrected chi connectivity index (χ3v) is 1.98. The molecule has 0 radical (unpaired) electrons. The van der Waals surface area contributed by atoms with E-state index in [4.69, 9.17) is 11.6 Å². The number of nitrogens with one attached hydrogen (secondary N) is 1. The van der Waals surface area contributed by atoms with Gasteiger partial charge < -0.3 is 5.32 Å². The van der Waals surface area contributed by atoms with Crippen molar-refractivity contribution >= 4 is 23.2 Å². The first kappa shape index (κ1) is 13.1. The Kier molecular flexibility index (Phi) is 4.17. The van der Waals surface area contributed by atoms with Gasteiger partial charge in [0.15, 0.2) is 0 Å². The molecule has 0 bridgehead atoms. The van der Waals surface area contributed by atoms with Gasteiger partial charge in [-0.15, -0.1) is 0 Å². The van der Waals surface area contributed by atoms with Crippen molar-refractivity contribution in [1.82, 2.24) is 5.32 Å². The Hall–Kier alpha value is -1.95. The van der Waals surface area contributed by atoms with Gasteiger partial charge in [0.05, 0.1) is 17.0 Å². The summed E-state index contributed by atoms with van der Waals surface area (Å²) in [5.74, 6) is -1.62. The van der Waals surface area contributed by atoms with Crippen LogP contribution in [0.4, 0.5) is 10.1 Å². The minimum absolute atomic E-state index is 0.0392. The molecule has 0 aliphatic carbocycles. The Balaban J connectivity index is 2.95. The molecule has 1 N–H and O–H groups in total. The van der Waals surface area contributed by atoms with E-state index in [0.29, 0.717) is 0 Å². The maximum Gasteiger partial charge on any atom is 0.270 e. The summed E-state index contributed by atoms with van der Waals surface area (Å²) in [7, 11) is 0. The summed E-state index contributed by atoms with van der Waals surface area (Å²) in [5.41, 5.74) is -0.765. The summed E-state index contributed by atoms with van der Waals surface area (Å²) in [6, 6.07) is 2.71. The van der Waals surface area contributed by atoms with Crippen molar-refractivity contribution in [2.75, 3.05) is 6.54 Å². The van der Waals surface area contributed by atoms with E-state index < -0.39 is 22.2 Å². The zero-order valence-electron chi connectivity index (χ0n) is 8.57. The maximum atomic E-state index is 13.3. The first-order chi connectivity index (χ1) is 7.91. The molecule has 0 heterocycles. The highest BCUT2D eigenvalue weighted by atomic mass is 35.5. The number of halogens is 2. The normalized spacial score (nSPS) is 9.76. The molecule has 0 aliphatic heterocycles. The molecular weight excluding hydrogens is 251 g/mol. The summed E-state index contributed by atoms with van der Waals surface area (Å²) < 4.78 is 13.3. The fourth-order valence-corrected chi connectivity index (χ4v) is 1.14. The molecule has 0 aliphatic rings. The van der Waals surface area contributed by atoms with Crippen LogP contribution >= 0.6 is 11.6 Å². The van der Waals surface area contributed by atoms with E-state index in [9.17, 15) is 19.3 Å². The number of amides is 1. The van der Waals surface area contributed by atoms with Crippen molar-refractivity contribution < 1.29 is 14.1 Å². The summed E-state index contributed by atoms with van der Waals surface area (Å²) in [5, 5.41) is 12.9. The second-order valence-electron chi connectivity index (χ2n) is 3.12. The molecule has 1 amide bonds. The van der Waals surface area contributed by atoms with Gasteiger partial charge in [-0.05, 0) is 6.07 Å². The van der Waals surface area contributed by atoms with Crippen LogP contribution in [0, 0.1) is 15.9 Å². The molecule has 1 aromatic rings. The van der Waals surface area contributed by atoms with Gasteiger partial charge in [0.2, 0.25) is 0 Å². The Morgan fingerprint density at radius 1 is 1.59 bits per heavy atom. The molecular formula is C10H8ClFN2O3. The number of non-ortho nitro benzene ring substituents is 1. The van der Waals surface area contributed by atoms with E-state index in [-0.39, 0.29) is 17.3 Å². The van der Waals surface area contributed by atoms with E-state index >= 15 is 0 Å². The van der Waals surface area contributed by atoms with Gasteiger partial charge in [0.1, 0.15) is 5.82 Å². The lowest BCUT2D eigenvalue weighted by Gasteiger charge is -2.04. The van der Waals surface area contributed by atoms with Crippen LogP contribution in [0.1, 0.15) is 10.4 Å². The summed E-state index contributed by atoms with van der Waals surface area (Å²) >= 11 is 5.42. The number of carbonyl (C=O) groups excluding carboxylic acids is 1. The Labute approximate surface area is 101 Å². The number of nitro benzene ring substituents is 1. The number of hydrogen-bond donors (Lipinski definition) is 1. The molecule has 90 valence electrons. The molecule has 5 nitrogen and oxygen atoms in total. The van der Waals surface area contributed by atoms with Gasteiger partial charge in [-0.3, -0.25) is 14.9 Å². The van der Waals surface area contributed by atoms with Crippen LogP contribution in [0.15, 0.2) is 29.8 Å². The largest absolute Gasteiger partial charge is 0.347 e. The van der Waals surface area contributed by atoms with Crippen molar-refractivity contribution in [3.05, 3.63) is 51.3 Å². The Morgan fingerprint density at radius 3 is 2.76 bits per heavy atom. The van der Waals surface area contributed by atoms with Gasteiger partial charge in [-0.1, -0.05) is 18.2 Å². The van der Waals surface area contributed by atoms with Gasteiger partial charge in [0, 0.05) is 17.2 Å². The predicted octanol–water partition coefficient (Wildman–Crippen LogP) is 2.22. The van der Waals surface area contributed by atoms with Crippen LogP contribution in [-0.2, 0) is 0 Å². The fourth-order valence-electron chi connectivity index (χ4n) is 1.07. The van der Waals surface area contributed by atoms with E-state index in [1.54, 1.807) is 0 Å². The highest BCUT2D eigenvalue weighted by Gasteiger charge is 2.16. The second-order valence-corrected chi connectivity index (χ2v) is 3.66. The molecule has 0 atom stereocenters. The van der Waals surface area contributed by atoms with E-state index in [0.717, 1.165) is 18.2 Å². The van der Waals surface area contributed by atoms with Crippen LogP contribution in [0.3, 0.4) is 0 Å². The van der Waals surface area contributed by atoms with Crippen molar-refractivity contribution in [1.29, 1.82) is 0 Å². The van der Waals surface area contributed by atoms with Crippen molar-refractivity contribution in [3.8, 4) is 0 Å². The quantitative estimate of drug-likeness (QED) is 0.665. The number of nitro groups is 1. The average molecular weight is 259 g/mol. The van der Waals surface area contributed by atoms with Crippen LogP contribution in [-0.4, -0.2) is 17.4 Å². The topological polar surface area (TPSA) is 72.2 Å². The second kappa shape index (κ2) is 5.40. The predicted molar refractivity (Wildman–Crippen MR) is 60.4 cm³/mol. The molecule has 0 saturated carbocycles. The summed E-state index contributed by atoms with van der Waals surface area (Å²) in [4.78, 5) is 21.2. The maximum absolute atomic E-state index is 13.3. The Morgan fingerprint density at radius 2 is 2.24 bits per heavy atom. The van der Waals surface area contributed by atoms with Gasteiger partial charge in [-0.2, -0.15) is 0 Å². The number of rotatable bonds is 4. The zero-order chi connectivity index (χ0) is 13.0. The number of carbonyl (C=O) groups is 1. The first-order valence-corrected chi connectivity index (χ1v) is 4.85. The first-order valence-electron chi connectivity index (χ1n) is 4.47. The highest BCUT2D eigenvalue weighted by molar-refractivity contribution is 6.29. The summed E-state index contributed by atoms with van der Waals surface area (Å²) in [6.45, 7) is 3.30. The average Bonchev–Trinajstić information content (AvgIpc) is 2.26. The van der Waals surface area contributed by atoms with Crippen LogP contribution in [0.25, 0.3) is 0 Å². The lowest BCUT2D eigenvalue weighted by molar-refractivity contribution is -0.384. The van der Waals surface area contributed by atoms with Crippen LogP contribution in [0.5, 0.6) is 0 Å². The van der Waals surface area contributed by atoms with E-state index in [1.165, 1.54) is 0 Å². The third kappa shape index (κ3) is 3.53. The molecule has 0 spiro atoms. The number of nitrogens with zero attached hydrogens (tertiary/aromatic N) is 1. The highest BCUT2D eigenvalue weighted by Crippen LogP contribution is 2.16. The van der Waals surface area contributed by atoms with Crippen LogP contribution in [0.2, 0.25) is 0 Å². The minimum atomic E-state index is -0.840. The van der Waals surface area contributed by atoms with Gasteiger partial charge in [-0.25, -0.2) is 4.39 Å². The molecule has 0 saturated heterocycles. The van der Waals surface area contributed by atoms with E-state index in [2.05, 4.69) is 11.9 Å². The molecule has 17 heavy (non-hydrogen) atoms. The zero-order valence-corrected chi connectivity index (χ0v) is 9.33. The number of hydrogen-bond acceptors (Lipinski definition) is 3. The minimum Gasteiger partial charge on any atom is -0.347 e. The van der Waals surface area contributed by atoms with Crippen molar-refractivity contribution in [2.24, 2.45) is 0 Å². The lowest BCUT2D eigenvalue weighted by atomic mass is 10.1. The van der Waals surface area contributed by atoms with Crippen molar-refractivity contribution in [3.63, 3.8) is 0 Å². The fraction of sp³-hybridized carbons (Fsp3) is 0.100. The molecule has 0 aromatic heterocycles. The molecule has 1 aromatic carbocycles. The molecule has 0 unspecified atom stereocenters. The van der Waals surface area contributed by atoms with Gasteiger partial charge in [0.25, 0.3) is 11.6 Å².